The molecule has 0 aliphatic rings. The van der Waals surface area contributed by atoms with E-state index in [0.717, 1.165) is 6.42 Å². The Morgan fingerprint density at radius 2 is 1.07 bits per heavy atom. The summed E-state index contributed by atoms with van der Waals surface area (Å²) in [5.74, 6) is 0. The van der Waals surface area contributed by atoms with Gasteiger partial charge in [0.25, 0.3) is 0 Å². The van der Waals surface area contributed by atoms with Crippen molar-refractivity contribution in [2.45, 2.75) is 51.9 Å². The van der Waals surface area contributed by atoms with E-state index in [1.807, 2.05) is 0 Å². The predicted octanol–water partition coefficient (Wildman–Crippen LogP) is 10.8. The van der Waals surface area contributed by atoms with Crippen molar-refractivity contribution in [2.75, 3.05) is 0 Å². The Morgan fingerprint density at radius 3 is 1.85 bits per heavy atom. The van der Waals surface area contributed by atoms with Gasteiger partial charge in [0.05, 0.1) is 22.1 Å². The van der Waals surface area contributed by atoms with Crippen molar-refractivity contribution in [1.82, 2.24) is 9.13 Å². The van der Waals surface area contributed by atoms with Crippen LogP contribution in [0.15, 0.2) is 115 Å². The number of para-hydroxylation sites is 3. The molecule has 5 aromatic carbocycles. The Morgan fingerprint density at radius 1 is 0.450 bits per heavy atom. The molecular weight excluding hydrogens is 484 g/mol. The molecule has 2 heterocycles. The molecule has 2 heteroatoms. The average molecular weight is 521 g/mol. The van der Waals surface area contributed by atoms with Gasteiger partial charge in [0.15, 0.2) is 0 Å². The average Bonchev–Trinajstić information content (AvgIpc) is 3.53. The SMILES string of the molecule is CCCCCCCCc1ccc(-n2c3ccccc3c3ccc4c(c5ccccc5n4-c4ccccc4)c32)cc1. The number of fused-ring (bicyclic) bond motifs is 7. The Hall–Kier alpha value is -4.30. The number of benzene rings is 5. The normalized spacial score (nSPS) is 11.8. The van der Waals surface area contributed by atoms with Crippen LogP contribution in [0.3, 0.4) is 0 Å². The lowest BCUT2D eigenvalue weighted by molar-refractivity contribution is 0.607. The molecule has 0 N–H and O–H groups in total. The van der Waals surface area contributed by atoms with Gasteiger partial charge in [-0.3, -0.25) is 0 Å². The highest BCUT2D eigenvalue weighted by Crippen LogP contribution is 2.41. The highest BCUT2D eigenvalue weighted by atomic mass is 15.0. The van der Waals surface area contributed by atoms with E-state index >= 15 is 0 Å². The number of aromatic nitrogens is 2. The van der Waals surface area contributed by atoms with Crippen molar-refractivity contribution in [1.29, 1.82) is 0 Å². The van der Waals surface area contributed by atoms with Crippen LogP contribution in [0.2, 0.25) is 0 Å². The van der Waals surface area contributed by atoms with Crippen molar-refractivity contribution in [3.8, 4) is 11.4 Å². The molecule has 0 saturated carbocycles. The quantitative estimate of drug-likeness (QED) is 0.168. The molecule has 7 rings (SSSR count). The zero-order chi connectivity index (χ0) is 26.9. The topological polar surface area (TPSA) is 9.86 Å². The molecule has 198 valence electrons. The highest BCUT2D eigenvalue weighted by Gasteiger charge is 2.20. The molecule has 0 fully saturated rings. The van der Waals surface area contributed by atoms with E-state index in [2.05, 4.69) is 131 Å². The summed E-state index contributed by atoms with van der Waals surface area (Å²) in [4.78, 5) is 0. The zero-order valence-corrected chi connectivity index (χ0v) is 23.3. The first-order valence-corrected chi connectivity index (χ1v) is 14.9. The maximum Gasteiger partial charge on any atom is 0.0641 e. The highest BCUT2D eigenvalue weighted by molar-refractivity contribution is 6.26. The van der Waals surface area contributed by atoms with Gasteiger partial charge in [-0.1, -0.05) is 112 Å². The van der Waals surface area contributed by atoms with Crippen LogP contribution in [-0.2, 0) is 6.42 Å². The van der Waals surface area contributed by atoms with Crippen molar-refractivity contribution in [3.05, 3.63) is 121 Å². The summed E-state index contributed by atoms with van der Waals surface area (Å²) in [5.41, 5.74) is 8.87. The molecule has 0 bridgehead atoms. The van der Waals surface area contributed by atoms with E-state index in [1.54, 1.807) is 0 Å². The van der Waals surface area contributed by atoms with Gasteiger partial charge in [0.2, 0.25) is 0 Å². The fourth-order valence-electron chi connectivity index (χ4n) is 6.55. The van der Waals surface area contributed by atoms with E-state index in [1.165, 1.54) is 99.1 Å². The van der Waals surface area contributed by atoms with Crippen molar-refractivity contribution >= 4 is 43.6 Å². The maximum absolute atomic E-state index is 2.49. The number of hydrogen-bond acceptors (Lipinski definition) is 0. The summed E-state index contributed by atoms with van der Waals surface area (Å²) < 4.78 is 4.90. The minimum Gasteiger partial charge on any atom is -0.309 e. The molecule has 0 unspecified atom stereocenters. The number of aryl methyl sites for hydroxylation is 1. The molecule has 0 radical (unpaired) electrons. The molecule has 0 atom stereocenters. The minimum atomic E-state index is 1.16. The van der Waals surface area contributed by atoms with Gasteiger partial charge in [-0.05, 0) is 60.9 Å². The third-order valence-corrected chi connectivity index (χ3v) is 8.50. The second kappa shape index (κ2) is 10.7. The van der Waals surface area contributed by atoms with Crippen LogP contribution in [-0.4, -0.2) is 9.13 Å². The van der Waals surface area contributed by atoms with Gasteiger partial charge < -0.3 is 9.13 Å². The fraction of sp³-hybridized carbons (Fsp3) is 0.211. The standard InChI is InChI=1S/C38H36N2/c1-2-3-4-5-6-8-15-28-22-24-30(25-23-28)40-34-20-13-11-18-31(34)32-26-27-36-37(38(32)40)33-19-12-14-21-35(33)39(36)29-16-9-7-10-17-29/h7,9-14,16-27H,2-6,8,15H2,1H3. The van der Waals surface area contributed by atoms with Crippen LogP contribution in [0.5, 0.6) is 0 Å². The number of nitrogens with zero attached hydrogens (tertiary/aromatic N) is 2. The molecule has 2 nitrogen and oxygen atoms in total. The summed E-state index contributed by atoms with van der Waals surface area (Å²) in [6, 6.07) is 42.4. The van der Waals surface area contributed by atoms with Crippen LogP contribution in [0.1, 0.15) is 51.0 Å². The summed E-state index contributed by atoms with van der Waals surface area (Å²) in [6.45, 7) is 2.28. The lowest BCUT2D eigenvalue weighted by Gasteiger charge is -2.11. The number of unbranched alkanes of at least 4 members (excludes halogenated alkanes) is 5. The van der Waals surface area contributed by atoms with Crippen LogP contribution in [0.25, 0.3) is 55.0 Å². The van der Waals surface area contributed by atoms with E-state index in [4.69, 9.17) is 0 Å². The van der Waals surface area contributed by atoms with Crippen LogP contribution >= 0.6 is 0 Å². The first kappa shape index (κ1) is 24.7. The lowest BCUT2D eigenvalue weighted by atomic mass is 10.0. The van der Waals surface area contributed by atoms with Crippen molar-refractivity contribution in [3.63, 3.8) is 0 Å². The smallest absolute Gasteiger partial charge is 0.0641 e. The Bertz CT molecular complexity index is 1920. The van der Waals surface area contributed by atoms with Crippen molar-refractivity contribution < 1.29 is 0 Å². The molecule has 2 aromatic heterocycles. The molecule has 40 heavy (non-hydrogen) atoms. The molecule has 0 spiro atoms. The second-order valence-electron chi connectivity index (χ2n) is 11.1. The van der Waals surface area contributed by atoms with Gasteiger partial charge in [-0.25, -0.2) is 0 Å². The summed E-state index contributed by atoms with van der Waals surface area (Å²) in [6.07, 6.45) is 9.18. The molecular formula is C38H36N2. The van der Waals surface area contributed by atoms with Gasteiger partial charge in [0.1, 0.15) is 0 Å². The zero-order valence-electron chi connectivity index (χ0n) is 23.3. The summed E-state index contributed by atoms with van der Waals surface area (Å²) in [7, 11) is 0. The van der Waals surface area contributed by atoms with E-state index in [0.29, 0.717) is 0 Å². The second-order valence-corrected chi connectivity index (χ2v) is 11.1. The van der Waals surface area contributed by atoms with Crippen LogP contribution in [0, 0.1) is 0 Å². The molecule has 0 aliphatic carbocycles. The summed E-state index contributed by atoms with van der Waals surface area (Å²) in [5, 5.41) is 5.20. The van der Waals surface area contributed by atoms with Gasteiger partial charge in [-0.2, -0.15) is 0 Å². The minimum absolute atomic E-state index is 1.16. The maximum atomic E-state index is 2.49. The molecule has 7 aromatic rings. The van der Waals surface area contributed by atoms with E-state index in [9.17, 15) is 0 Å². The Labute approximate surface area is 236 Å². The lowest BCUT2D eigenvalue weighted by Crippen LogP contribution is -1.96. The number of rotatable bonds is 9. The third kappa shape index (κ3) is 4.19. The first-order chi connectivity index (χ1) is 19.8. The van der Waals surface area contributed by atoms with Gasteiger partial charge in [0, 0.05) is 32.9 Å². The molecule has 0 saturated heterocycles. The molecule has 0 amide bonds. The fourth-order valence-corrected chi connectivity index (χ4v) is 6.55. The predicted molar refractivity (Wildman–Crippen MR) is 172 cm³/mol. The van der Waals surface area contributed by atoms with Crippen molar-refractivity contribution in [2.24, 2.45) is 0 Å². The Kier molecular flexibility index (Phi) is 6.61. The third-order valence-electron chi connectivity index (χ3n) is 8.50. The van der Waals surface area contributed by atoms with Crippen LogP contribution in [0.4, 0.5) is 0 Å². The molecule has 0 aliphatic heterocycles. The van der Waals surface area contributed by atoms with E-state index < -0.39 is 0 Å². The summed E-state index contributed by atoms with van der Waals surface area (Å²) >= 11 is 0. The van der Waals surface area contributed by atoms with E-state index in [-0.39, 0.29) is 0 Å². The monoisotopic (exact) mass is 520 g/mol. The first-order valence-electron chi connectivity index (χ1n) is 14.9. The van der Waals surface area contributed by atoms with Gasteiger partial charge in [-0.15, -0.1) is 0 Å². The van der Waals surface area contributed by atoms with Gasteiger partial charge >= 0.3 is 0 Å². The van der Waals surface area contributed by atoms with Crippen LogP contribution < -0.4 is 0 Å². The number of hydrogen-bond donors (Lipinski definition) is 0. The largest absolute Gasteiger partial charge is 0.309 e. The Balaban J connectivity index is 1.41.